The van der Waals surface area contributed by atoms with Crippen molar-refractivity contribution in [3.63, 3.8) is 0 Å². The fraction of sp³-hybridized carbons (Fsp3) is 0.909. The molecule has 1 nitrogen and oxygen atoms in total. The monoisotopic (exact) mass is 168 g/mol. The van der Waals surface area contributed by atoms with Crippen molar-refractivity contribution < 1.29 is 0 Å². The number of hydrogen-bond acceptors (Lipinski definition) is 1. The van der Waals surface area contributed by atoms with Crippen LogP contribution < -0.4 is 5.32 Å². The van der Waals surface area contributed by atoms with Crippen LogP contribution in [-0.4, -0.2) is 13.1 Å². The Labute approximate surface area is 76.9 Å². The molecule has 0 atom stereocenters. The Bertz CT molecular complexity index is 48.0. The van der Waals surface area contributed by atoms with E-state index in [-0.39, 0.29) is 0 Å². The Morgan fingerprint density at radius 2 is 1.42 bits per heavy atom. The molecule has 0 aromatic heterocycles. The van der Waals surface area contributed by atoms with Gasteiger partial charge in [0, 0.05) is 0 Å². The largest absolute Gasteiger partial charge is 0.317 e. The summed E-state index contributed by atoms with van der Waals surface area (Å²) in [4.78, 5) is 0. The molecule has 0 amide bonds. The van der Waals surface area contributed by atoms with Gasteiger partial charge in [-0.25, -0.2) is 0 Å². The Balaban J connectivity index is 2.00. The van der Waals surface area contributed by atoms with Gasteiger partial charge in [0.05, 0.1) is 0 Å². The summed E-state index contributed by atoms with van der Waals surface area (Å²) in [5.74, 6) is 0. The minimum atomic E-state index is 1.19. The second-order valence-corrected chi connectivity index (χ2v) is 3.74. The minimum Gasteiger partial charge on any atom is -0.317 e. The first-order valence-corrected chi connectivity index (χ1v) is 5.52. The van der Waals surface area contributed by atoms with Gasteiger partial charge < -0.3 is 5.32 Å². The molecule has 0 aromatic carbocycles. The normalized spacial score (nSPS) is 24.0. The maximum Gasteiger partial charge on any atom is -0.00462 e. The van der Waals surface area contributed by atoms with Gasteiger partial charge in [0.2, 0.25) is 0 Å². The van der Waals surface area contributed by atoms with Gasteiger partial charge in [-0.3, -0.25) is 0 Å². The van der Waals surface area contributed by atoms with Crippen LogP contribution in [0.15, 0.2) is 0 Å². The predicted molar refractivity (Wildman–Crippen MR) is 54.1 cm³/mol. The third kappa shape index (κ3) is 5.59. The van der Waals surface area contributed by atoms with Crippen molar-refractivity contribution >= 4 is 0 Å². The van der Waals surface area contributed by atoms with Gasteiger partial charge in [-0.05, 0) is 32.4 Å². The van der Waals surface area contributed by atoms with Gasteiger partial charge in [0.15, 0.2) is 0 Å². The molecule has 1 fully saturated rings. The van der Waals surface area contributed by atoms with Crippen molar-refractivity contribution in [2.75, 3.05) is 13.1 Å². The van der Waals surface area contributed by atoms with Crippen molar-refractivity contribution in [3.8, 4) is 0 Å². The number of nitrogens with one attached hydrogen (secondary N) is 1. The molecule has 0 saturated carbocycles. The van der Waals surface area contributed by atoms with Gasteiger partial charge in [-0.2, -0.15) is 0 Å². The van der Waals surface area contributed by atoms with Crippen molar-refractivity contribution in [1.82, 2.24) is 5.32 Å². The molecule has 12 heavy (non-hydrogen) atoms. The summed E-state index contributed by atoms with van der Waals surface area (Å²) in [5.41, 5.74) is 0. The molecule has 1 radical (unpaired) electrons. The SMILES string of the molecule is [CH]1CCCCCCCCNCC1. The van der Waals surface area contributed by atoms with Gasteiger partial charge >= 0.3 is 0 Å². The second kappa shape index (κ2) is 7.60. The van der Waals surface area contributed by atoms with E-state index in [0.717, 1.165) is 0 Å². The van der Waals surface area contributed by atoms with Gasteiger partial charge in [-0.1, -0.05) is 38.5 Å². The highest BCUT2D eigenvalue weighted by molar-refractivity contribution is 4.66. The van der Waals surface area contributed by atoms with Crippen molar-refractivity contribution in [2.24, 2.45) is 0 Å². The molecular formula is C11H22N. The molecule has 0 unspecified atom stereocenters. The van der Waals surface area contributed by atoms with E-state index in [4.69, 9.17) is 0 Å². The molecule has 1 heterocycles. The molecule has 0 spiro atoms. The zero-order valence-corrected chi connectivity index (χ0v) is 8.15. The van der Waals surface area contributed by atoms with E-state index in [1.807, 2.05) is 0 Å². The lowest BCUT2D eigenvalue weighted by molar-refractivity contribution is 0.546. The van der Waals surface area contributed by atoms with Crippen molar-refractivity contribution in [3.05, 3.63) is 6.42 Å². The van der Waals surface area contributed by atoms with Crippen molar-refractivity contribution in [1.29, 1.82) is 0 Å². The first kappa shape index (κ1) is 10.0. The summed E-state index contributed by atoms with van der Waals surface area (Å²) < 4.78 is 0. The molecule has 1 heteroatoms. The average Bonchev–Trinajstić information content (AvgIpc) is 2.05. The summed E-state index contributed by atoms with van der Waals surface area (Å²) in [6, 6.07) is 0. The molecule has 1 rings (SSSR count). The standard InChI is InChI=1S/C11H22N/c1-2-4-6-8-10-12-11-9-7-5-3-1/h6,12H,1-5,7-11H2. The lowest BCUT2D eigenvalue weighted by atomic mass is 10.1. The van der Waals surface area contributed by atoms with Crippen LogP contribution in [0.4, 0.5) is 0 Å². The van der Waals surface area contributed by atoms with Gasteiger partial charge in [0.1, 0.15) is 0 Å². The third-order valence-electron chi connectivity index (χ3n) is 2.54. The van der Waals surface area contributed by atoms with E-state index in [0.29, 0.717) is 0 Å². The zero-order chi connectivity index (χ0) is 8.49. The zero-order valence-electron chi connectivity index (χ0n) is 8.15. The van der Waals surface area contributed by atoms with Crippen LogP contribution in [0.25, 0.3) is 0 Å². The average molecular weight is 168 g/mol. The van der Waals surface area contributed by atoms with Crippen LogP contribution in [0, 0.1) is 6.42 Å². The molecule has 0 aliphatic carbocycles. The maximum absolute atomic E-state index is 3.47. The molecule has 1 aliphatic rings. The molecule has 1 N–H and O–H groups in total. The molecule has 0 aromatic rings. The summed E-state index contributed by atoms with van der Waals surface area (Å²) in [6.45, 7) is 2.42. The maximum atomic E-state index is 3.47. The third-order valence-corrected chi connectivity index (χ3v) is 2.54. The van der Waals surface area contributed by atoms with Crippen LogP contribution >= 0.6 is 0 Å². The highest BCUT2D eigenvalue weighted by atomic mass is 14.8. The lowest BCUT2D eigenvalue weighted by Crippen LogP contribution is -2.16. The topological polar surface area (TPSA) is 12.0 Å². The van der Waals surface area contributed by atoms with E-state index >= 15 is 0 Å². The molecule has 1 saturated heterocycles. The first-order chi connectivity index (χ1) is 6.00. The smallest absolute Gasteiger partial charge is 0.00462 e. The van der Waals surface area contributed by atoms with E-state index in [1.165, 1.54) is 64.5 Å². The van der Waals surface area contributed by atoms with E-state index in [2.05, 4.69) is 11.7 Å². The Kier molecular flexibility index (Phi) is 6.36. The first-order valence-electron chi connectivity index (χ1n) is 5.52. The summed E-state index contributed by atoms with van der Waals surface area (Å²) in [5, 5.41) is 3.47. The van der Waals surface area contributed by atoms with Gasteiger partial charge in [-0.15, -0.1) is 0 Å². The second-order valence-electron chi connectivity index (χ2n) is 3.74. The van der Waals surface area contributed by atoms with E-state index < -0.39 is 0 Å². The minimum absolute atomic E-state index is 1.19. The van der Waals surface area contributed by atoms with E-state index in [9.17, 15) is 0 Å². The predicted octanol–water partition coefficient (Wildman–Crippen LogP) is 2.91. The fourth-order valence-corrected chi connectivity index (χ4v) is 1.72. The molecule has 71 valence electrons. The van der Waals surface area contributed by atoms with Crippen LogP contribution in [-0.2, 0) is 0 Å². The molecule has 1 aliphatic heterocycles. The van der Waals surface area contributed by atoms with Crippen LogP contribution in [0.1, 0.15) is 51.4 Å². The quantitative estimate of drug-likeness (QED) is 0.586. The number of rotatable bonds is 0. The highest BCUT2D eigenvalue weighted by Gasteiger charge is 1.95. The van der Waals surface area contributed by atoms with Gasteiger partial charge in [0.25, 0.3) is 0 Å². The summed E-state index contributed by atoms with van der Waals surface area (Å²) in [6.07, 6.45) is 13.6. The summed E-state index contributed by atoms with van der Waals surface area (Å²) in [7, 11) is 0. The molecule has 0 bridgehead atoms. The van der Waals surface area contributed by atoms with Crippen LogP contribution in [0.5, 0.6) is 0 Å². The lowest BCUT2D eigenvalue weighted by Gasteiger charge is -2.07. The Morgan fingerprint density at radius 3 is 2.33 bits per heavy atom. The van der Waals surface area contributed by atoms with Crippen LogP contribution in [0.3, 0.4) is 0 Å². The van der Waals surface area contributed by atoms with Crippen molar-refractivity contribution in [2.45, 2.75) is 51.4 Å². The number of hydrogen-bond donors (Lipinski definition) is 1. The fourth-order valence-electron chi connectivity index (χ4n) is 1.72. The van der Waals surface area contributed by atoms with Crippen LogP contribution in [0.2, 0.25) is 0 Å². The molecular weight excluding hydrogens is 146 g/mol. The summed E-state index contributed by atoms with van der Waals surface area (Å²) >= 11 is 0. The highest BCUT2D eigenvalue weighted by Crippen LogP contribution is 2.09. The van der Waals surface area contributed by atoms with E-state index in [1.54, 1.807) is 0 Å². The Hall–Kier alpha value is -0.0400. The Morgan fingerprint density at radius 1 is 0.667 bits per heavy atom.